The number of benzene rings is 1. The first-order valence-corrected chi connectivity index (χ1v) is 15.7. The first-order chi connectivity index (χ1) is 21.1. The van der Waals surface area contributed by atoms with E-state index < -0.39 is 41.7 Å². The molecule has 10 heteroatoms. The number of rotatable bonds is 17. The van der Waals surface area contributed by atoms with E-state index in [0.717, 1.165) is 31.2 Å². The van der Waals surface area contributed by atoms with Gasteiger partial charge < -0.3 is 29.7 Å². The number of hydrogen-bond acceptors (Lipinski definition) is 7. The van der Waals surface area contributed by atoms with Crippen molar-refractivity contribution in [2.75, 3.05) is 13.7 Å². The van der Waals surface area contributed by atoms with Crippen molar-refractivity contribution in [3.05, 3.63) is 61.2 Å². The highest BCUT2D eigenvalue weighted by molar-refractivity contribution is 5.94. The molecule has 44 heavy (non-hydrogen) atoms. The fraction of sp³-hybridized carbons (Fsp3) is 0.588. The van der Waals surface area contributed by atoms with Crippen LogP contribution in [0.3, 0.4) is 0 Å². The van der Waals surface area contributed by atoms with Crippen molar-refractivity contribution in [3.8, 4) is 0 Å². The normalized spacial score (nSPS) is 21.4. The van der Waals surface area contributed by atoms with Gasteiger partial charge in [0.05, 0.1) is 18.8 Å². The van der Waals surface area contributed by atoms with Crippen molar-refractivity contribution in [3.63, 3.8) is 0 Å². The van der Waals surface area contributed by atoms with Crippen LogP contribution in [-0.2, 0) is 35.2 Å². The monoisotopic (exact) mass is 611 g/mol. The van der Waals surface area contributed by atoms with Gasteiger partial charge in [0.15, 0.2) is 0 Å². The van der Waals surface area contributed by atoms with Crippen LogP contribution in [0.2, 0.25) is 0 Å². The zero-order chi connectivity index (χ0) is 32.1. The van der Waals surface area contributed by atoms with Gasteiger partial charge in [-0.15, -0.1) is 13.2 Å². The first-order valence-electron chi connectivity index (χ1n) is 15.7. The minimum Gasteiger partial charge on any atom is -0.467 e. The lowest BCUT2D eigenvalue weighted by atomic mass is 9.89. The molecule has 0 bridgehead atoms. The molecule has 2 aliphatic rings. The second-order valence-corrected chi connectivity index (χ2v) is 12.2. The molecule has 0 aliphatic carbocycles. The molecule has 2 aliphatic heterocycles. The number of carbonyl (C=O) groups is 4. The molecular weight excluding hydrogens is 562 g/mol. The van der Waals surface area contributed by atoms with Crippen molar-refractivity contribution in [2.45, 2.75) is 108 Å². The number of methoxy groups -OCH3 is 1. The second-order valence-electron chi connectivity index (χ2n) is 12.2. The van der Waals surface area contributed by atoms with Gasteiger partial charge in [0.1, 0.15) is 24.7 Å². The largest absolute Gasteiger partial charge is 0.467 e. The van der Waals surface area contributed by atoms with E-state index in [2.05, 4.69) is 23.8 Å². The lowest BCUT2D eigenvalue weighted by molar-refractivity contribution is -0.147. The van der Waals surface area contributed by atoms with Gasteiger partial charge in [0.25, 0.3) is 0 Å². The Labute approximate surface area is 261 Å². The second kappa shape index (κ2) is 17.0. The third kappa shape index (κ3) is 9.94. The van der Waals surface area contributed by atoms with Gasteiger partial charge in [-0.05, 0) is 64.4 Å². The van der Waals surface area contributed by atoms with Gasteiger partial charge in [0.2, 0.25) is 11.8 Å². The zero-order valence-corrected chi connectivity index (χ0v) is 26.4. The van der Waals surface area contributed by atoms with Gasteiger partial charge in [-0.3, -0.25) is 9.59 Å². The number of ether oxygens (including phenoxy) is 3. The van der Waals surface area contributed by atoms with Crippen LogP contribution in [0.1, 0.15) is 77.2 Å². The Morgan fingerprint density at radius 3 is 2.25 bits per heavy atom. The molecule has 242 valence electrons. The predicted molar refractivity (Wildman–Crippen MR) is 167 cm³/mol. The molecule has 0 radical (unpaired) electrons. The number of amides is 3. The highest BCUT2D eigenvalue weighted by Gasteiger charge is 2.56. The molecule has 10 nitrogen and oxygen atoms in total. The summed E-state index contributed by atoms with van der Waals surface area (Å²) in [6, 6.07) is 6.67. The van der Waals surface area contributed by atoms with Crippen LogP contribution in [0.25, 0.3) is 0 Å². The fourth-order valence-corrected chi connectivity index (χ4v) is 6.12. The van der Waals surface area contributed by atoms with Gasteiger partial charge in [-0.2, -0.15) is 0 Å². The molecule has 2 heterocycles. The number of fused-ring (bicyclic) bond motifs is 1. The number of hydrogen-bond donors (Lipinski definition) is 2. The Bertz CT molecular complexity index is 1140. The van der Waals surface area contributed by atoms with E-state index in [-0.39, 0.29) is 31.1 Å². The molecule has 5 atom stereocenters. The minimum absolute atomic E-state index is 0.0631. The summed E-state index contributed by atoms with van der Waals surface area (Å²) < 4.78 is 16.7. The third-order valence-electron chi connectivity index (χ3n) is 8.25. The number of likely N-dealkylation sites (tertiary alicyclic amines) is 1. The van der Waals surface area contributed by atoms with Crippen LogP contribution in [0.4, 0.5) is 4.79 Å². The number of nitrogens with zero attached hydrogens (tertiary/aromatic N) is 1. The van der Waals surface area contributed by atoms with Gasteiger partial charge in [-0.25, -0.2) is 9.59 Å². The fourth-order valence-electron chi connectivity index (χ4n) is 6.12. The third-order valence-corrected chi connectivity index (χ3v) is 8.25. The molecule has 1 unspecified atom stereocenters. The average Bonchev–Trinajstić information content (AvgIpc) is 3.50. The minimum atomic E-state index is -0.902. The van der Waals surface area contributed by atoms with Crippen molar-refractivity contribution < 1.29 is 33.4 Å². The van der Waals surface area contributed by atoms with Gasteiger partial charge in [0, 0.05) is 12.5 Å². The molecule has 0 saturated carbocycles. The van der Waals surface area contributed by atoms with E-state index in [1.807, 2.05) is 56.3 Å². The first kappa shape index (κ1) is 34.8. The van der Waals surface area contributed by atoms with Crippen molar-refractivity contribution in [2.24, 2.45) is 5.92 Å². The summed E-state index contributed by atoms with van der Waals surface area (Å²) in [6.07, 6.45) is 8.49. The Morgan fingerprint density at radius 2 is 1.64 bits per heavy atom. The van der Waals surface area contributed by atoms with Crippen molar-refractivity contribution in [1.82, 2.24) is 15.5 Å². The van der Waals surface area contributed by atoms with Crippen LogP contribution < -0.4 is 10.6 Å². The number of unbranched alkanes of at least 4 members (excludes halogenated alkanes) is 4. The van der Waals surface area contributed by atoms with Crippen LogP contribution in [0.5, 0.6) is 0 Å². The molecule has 1 aromatic carbocycles. The Balaban J connectivity index is 1.79. The van der Waals surface area contributed by atoms with Crippen LogP contribution >= 0.6 is 0 Å². The van der Waals surface area contributed by atoms with E-state index in [9.17, 15) is 19.2 Å². The molecule has 0 spiro atoms. The lowest BCUT2D eigenvalue weighted by Crippen LogP contribution is -2.57. The number of esters is 1. The molecule has 3 amide bonds. The van der Waals surface area contributed by atoms with E-state index in [1.165, 1.54) is 12.0 Å². The van der Waals surface area contributed by atoms with E-state index in [0.29, 0.717) is 32.1 Å². The summed E-state index contributed by atoms with van der Waals surface area (Å²) >= 11 is 0. The summed E-state index contributed by atoms with van der Waals surface area (Å²) in [6.45, 7) is 11.7. The molecule has 2 fully saturated rings. The van der Waals surface area contributed by atoms with E-state index in [4.69, 9.17) is 14.2 Å². The van der Waals surface area contributed by atoms with Crippen LogP contribution in [-0.4, -0.2) is 72.3 Å². The molecule has 3 rings (SSSR count). The topological polar surface area (TPSA) is 123 Å². The van der Waals surface area contributed by atoms with E-state index in [1.54, 1.807) is 0 Å². The highest BCUT2D eigenvalue weighted by Crippen LogP contribution is 2.43. The summed E-state index contributed by atoms with van der Waals surface area (Å²) in [5.41, 5.74) is 0.365. The molecular formula is C34H49N3O7. The Kier molecular flexibility index (Phi) is 13.4. The van der Waals surface area contributed by atoms with Crippen LogP contribution in [0, 0.1) is 5.92 Å². The van der Waals surface area contributed by atoms with E-state index >= 15 is 0 Å². The summed E-state index contributed by atoms with van der Waals surface area (Å²) in [7, 11) is 1.29. The lowest BCUT2D eigenvalue weighted by Gasteiger charge is -2.32. The standard InChI is InChI=1S/C34H49N3O7/c1-6-8-10-15-19-26(36-33(41)43-23-24-17-13-12-14-18-24)31(39)37-22-28-25(21-34(3,4)44-28)29(37)30(38)35-27(32(40)42-5)20-16-11-9-7-2/h6-7,12-14,17-18,25-29H,1-2,8-11,15-16,19-23H2,3-5H3,(H,35,38)(H,36,41)/t25-,26-,27-,28-,29?/m0/s1. The highest BCUT2D eigenvalue weighted by atomic mass is 16.5. The number of alkyl carbamates (subject to hydrolysis) is 1. The summed E-state index contributed by atoms with van der Waals surface area (Å²) in [4.78, 5) is 55.0. The maximum absolute atomic E-state index is 14.1. The summed E-state index contributed by atoms with van der Waals surface area (Å²) in [5.74, 6) is -1.60. The molecule has 0 aromatic heterocycles. The molecule has 2 N–H and O–H groups in total. The quantitative estimate of drug-likeness (QED) is 0.147. The SMILES string of the molecule is C=CCCCC[C@H](NC(=O)C1[C@H]2CC(C)(C)O[C@H]2CN1C(=O)[C@H](CCCCC=C)NC(=O)OCc1ccccc1)C(=O)OC. The molecule has 2 saturated heterocycles. The Hall–Kier alpha value is -3.66. The van der Waals surface area contributed by atoms with Crippen molar-refractivity contribution in [1.29, 1.82) is 0 Å². The maximum atomic E-state index is 14.1. The van der Waals surface area contributed by atoms with Crippen LogP contribution in [0.15, 0.2) is 55.6 Å². The smallest absolute Gasteiger partial charge is 0.408 e. The van der Waals surface area contributed by atoms with Gasteiger partial charge >= 0.3 is 12.1 Å². The number of carbonyl (C=O) groups excluding carboxylic acids is 4. The number of allylic oxidation sites excluding steroid dienone is 2. The maximum Gasteiger partial charge on any atom is 0.408 e. The zero-order valence-electron chi connectivity index (χ0n) is 26.4. The Morgan fingerprint density at radius 1 is 1.00 bits per heavy atom. The predicted octanol–water partition coefficient (Wildman–Crippen LogP) is 4.83. The molecule has 1 aromatic rings. The number of nitrogens with one attached hydrogen (secondary N) is 2. The van der Waals surface area contributed by atoms with Crippen molar-refractivity contribution >= 4 is 23.9 Å². The van der Waals surface area contributed by atoms with Gasteiger partial charge in [-0.1, -0.05) is 55.3 Å². The summed E-state index contributed by atoms with van der Waals surface area (Å²) in [5, 5.41) is 5.64. The average molecular weight is 612 g/mol.